The molecule has 1 N–H and O–H groups in total. The van der Waals surface area contributed by atoms with Gasteiger partial charge in [-0.2, -0.15) is 0 Å². The van der Waals surface area contributed by atoms with Gasteiger partial charge in [-0.25, -0.2) is 0 Å². The molecule has 3 rings (SSSR count). The summed E-state index contributed by atoms with van der Waals surface area (Å²) in [6.45, 7) is 8.99. The molecule has 0 aliphatic carbocycles. The molecule has 1 heterocycles. The van der Waals surface area contributed by atoms with Crippen LogP contribution in [0.15, 0.2) is 48.0 Å². The second-order valence-electron chi connectivity index (χ2n) is 9.21. The summed E-state index contributed by atoms with van der Waals surface area (Å²) in [4.78, 5) is 29.8. The first-order valence-corrected chi connectivity index (χ1v) is 11.4. The van der Waals surface area contributed by atoms with Gasteiger partial charge < -0.3 is 19.6 Å². The summed E-state index contributed by atoms with van der Waals surface area (Å²) in [5.74, 6) is -0.655. The van der Waals surface area contributed by atoms with Crippen molar-refractivity contribution in [3.63, 3.8) is 0 Å². The zero-order valence-corrected chi connectivity index (χ0v) is 20.4. The van der Waals surface area contributed by atoms with Gasteiger partial charge in [0.25, 0.3) is 11.7 Å². The first-order valence-electron chi connectivity index (χ1n) is 11.4. The van der Waals surface area contributed by atoms with Crippen molar-refractivity contribution in [2.45, 2.75) is 46.3 Å². The van der Waals surface area contributed by atoms with E-state index in [4.69, 9.17) is 4.74 Å². The molecule has 2 aromatic carbocycles. The normalized spacial score (nSPS) is 17.9. The van der Waals surface area contributed by atoms with E-state index < -0.39 is 17.7 Å². The third kappa shape index (κ3) is 5.45. The standard InChI is InChI=1S/C27H34N2O4/c1-17(2)33-22-12-11-21(16-19(22)4)25(30)23-24(20-10-7-9-18(3)15-20)29(27(32)26(23)31)14-8-13-28(5)6/h7,9-12,15-17,24,30H,8,13-14H2,1-6H3/b25-23-. The van der Waals surface area contributed by atoms with Crippen LogP contribution in [0, 0.1) is 13.8 Å². The summed E-state index contributed by atoms with van der Waals surface area (Å²) < 4.78 is 5.80. The Morgan fingerprint density at radius 3 is 2.45 bits per heavy atom. The predicted octanol–water partition coefficient (Wildman–Crippen LogP) is 4.46. The number of aliphatic hydroxyl groups excluding tert-OH is 1. The zero-order valence-electron chi connectivity index (χ0n) is 20.4. The molecular formula is C27H34N2O4. The zero-order chi connectivity index (χ0) is 24.3. The molecule has 0 spiro atoms. The molecule has 1 fully saturated rings. The maximum Gasteiger partial charge on any atom is 0.295 e. The van der Waals surface area contributed by atoms with E-state index in [0.717, 1.165) is 35.4 Å². The Kier molecular flexibility index (Phi) is 7.59. The van der Waals surface area contributed by atoms with E-state index in [1.54, 1.807) is 23.1 Å². The number of carbonyl (C=O) groups is 2. The molecule has 0 saturated carbocycles. The number of ether oxygens (including phenoxy) is 1. The third-order valence-corrected chi connectivity index (χ3v) is 5.71. The molecular weight excluding hydrogens is 416 g/mol. The molecule has 1 unspecified atom stereocenters. The summed E-state index contributed by atoms with van der Waals surface area (Å²) in [5.41, 5.74) is 3.31. The largest absolute Gasteiger partial charge is 0.507 e. The van der Waals surface area contributed by atoms with E-state index >= 15 is 0 Å². The fourth-order valence-corrected chi connectivity index (χ4v) is 4.19. The molecule has 1 atom stereocenters. The molecule has 1 aliphatic rings. The number of ketones is 1. The molecule has 1 aliphatic heterocycles. The van der Waals surface area contributed by atoms with E-state index in [-0.39, 0.29) is 17.4 Å². The van der Waals surface area contributed by atoms with Crippen molar-refractivity contribution in [2.75, 3.05) is 27.2 Å². The molecule has 0 radical (unpaired) electrons. The van der Waals surface area contributed by atoms with Crippen LogP contribution in [0.2, 0.25) is 0 Å². The first kappa shape index (κ1) is 24.5. The number of amides is 1. The van der Waals surface area contributed by atoms with Crippen molar-refractivity contribution in [3.8, 4) is 5.75 Å². The van der Waals surface area contributed by atoms with Gasteiger partial charge in [0.2, 0.25) is 0 Å². The van der Waals surface area contributed by atoms with Crippen LogP contribution in [0.25, 0.3) is 5.76 Å². The van der Waals surface area contributed by atoms with Gasteiger partial charge in [-0.05, 0) is 84.1 Å². The van der Waals surface area contributed by atoms with Crippen LogP contribution in [0.1, 0.15) is 48.6 Å². The van der Waals surface area contributed by atoms with E-state index in [1.165, 1.54) is 0 Å². The summed E-state index contributed by atoms with van der Waals surface area (Å²) in [6, 6.07) is 12.4. The minimum absolute atomic E-state index is 0.0250. The van der Waals surface area contributed by atoms with Gasteiger partial charge in [0.05, 0.1) is 17.7 Å². The Bertz CT molecular complexity index is 1070. The third-order valence-electron chi connectivity index (χ3n) is 5.71. The lowest BCUT2D eigenvalue weighted by atomic mass is 9.94. The van der Waals surface area contributed by atoms with Gasteiger partial charge in [-0.15, -0.1) is 0 Å². The highest BCUT2D eigenvalue weighted by Gasteiger charge is 2.45. The quantitative estimate of drug-likeness (QED) is 0.365. The summed E-state index contributed by atoms with van der Waals surface area (Å²) >= 11 is 0. The van der Waals surface area contributed by atoms with Gasteiger partial charge in [0.15, 0.2) is 0 Å². The number of aryl methyl sites for hydroxylation is 2. The fourth-order valence-electron chi connectivity index (χ4n) is 4.19. The molecule has 6 heteroatoms. The predicted molar refractivity (Wildman–Crippen MR) is 130 cm³/mol. The van der Waals surface area contributed by atoms with Crippen molar-refractivity contribution < 1.29 is 19.4 Å². The molecule has 176 valence electrons. The minimum atomic E-state index is -0.649. The van der Waals surface area contributed by atoms with Crippen molar-refractivity contribution in [1.29, 1.82) is 0 Å². The second-order valence-corrected chi connectivity index (χ2v) is 9.21. The fraction of sp³-hybridized carbons (Fsp3) is 0.407. The SMILES string of the molecule is Cc1cccc(C2/C(=C(/O)c3ccc(OC(C)C)c(C)c3)C(=O)C(=O)N2CCCN(C)C)c1. The monoisotopic (exact) mass is 450 g/mol. The van der Waals surface area contributed by atoms with Crippen LogP contribution in [-0.4, -0.2) is 59.9 Å². The topological polar surface area (TPSA) is 70.1 Å². The number of Topliss-reactive ketones (excluding diaryl/α,β-unsaturated/α-hetero) is 1. The number of rotatable bonds is 8. The smallest absolute Gasteiger partial charge is 0.295 e. The lowest BCUT2D eigenvalue weighted by molar-refractivity contribution is -0.139. The van der Waals surface area contributed by atoms with Crippen molar-refractivity contribution in [1.82, 2.24) is 9.80 Å². The lowest BCUT2D eigenvalue weighted by Crippen LogP contribution is -2.32. The Hall–Kier alpha value is -3.12. The van der Waals surface area contributed by atoms with Crippen LogP contribution in [0.3, 0.4) is 0 Å². The highest BCUT2D eigenvalue weighted by Crippen LogP contribution is 2.40. The maximum absolute atomic E-state index is 13.1. The number of aliphatic hydroxyl groups is 1. The molecule has 1 saturated heterocycles. The highest BCUT2D eigenvalue weighted by molar-refractivity contribution is 6.46. The molecule has 2 aromatic rings. The Labute approximate surface area is 196 Å². The molecule has 0 aromatic heterocycles. The van der Waals surface area contributed by atoms with E-state index in [9.17, 15) is 14.7 Å². The average molecular weight is 451 g/mol. The van der Waals surface area contributed by atoms with Crippen molar-refractivity contribution in [3.05, 3.63) is 70.3 Å². The number of nitrogens with zero attached hydrogens (tertiary/aromatic N) is 2. The average Bonchev–Trinajstić information content (AvgIpc) is 2.99. The summed E-state index contributed by atoms with van der Waals surface area (Å²) in [5, 5.41) is 11.3. The molecule has 1 amide bonds. The highest BCUT2D eigenvalue weighted by atomic mass is 16.5. The van der Waals surface area contributed by atoms with Gasteiger partial charge in [-0.3, -0.25) is 9.59 Å². The van der Waals surface area contributed by atoms with Crippen LogP contribution in [0.5, 0.6) is 5.75 Å². The number of likely N-dealkylation sites (tertiary alicyclic amines) is 1. The van der Waals surface area contributed by atoms with Crippen molar-refractivity contribution >= 4 is 17.4 Å². The Morgan fingerprint density at radius 1 is 1.12 bits per heavy atom. The van der Waals surface area contributed by atoms with Gasteiger partial charge in [-0.1, -0.05) is 29.8 Å². The summed E-state index contributed by atoms with van der Waals surface area (Å²) in [6.07, 6.45) is 0.750. The second kappa shape index (κ2) is 10.2. The Morgan fingerprint density at radius 2 is 1.85 bits per heavy atom. The van der Waals surface area contributed by atoms with Gasteiger partial charge in [0.1, 0.15) is 11.5 Å². The van der Waals surface area contributed by atoms with Crippen LogP contribution >= 0.6 is 0 Å². The van der Waals surface area contributed by atoms with Crippen LogP contribution in [0.4, 0.5) is 0 Å². The van der Waals surface area contributed by atoms with Gasteiger partial charge in [0, 0.05) is 12.1 Å². The van der Waals surface area contributed by atoms with Crippen molar-refractivity contribution in [2.24, 2.45) is 0 Å². The minimum Gasteiger partial charge on any atom is -0.507 e. The van der Waals surface area contributed by atoms with E-state index in [2.05, 4.69) is 0 Å². The van der Waals surface area contributed by atoms with Gasteiger partial charge >= 0.3 is 0 Å². The first-order chi connectivity index (χ1) is 15.6. The number of hydrogen-bond donors (Lipinski definition) is 1. The van der Waals surface area contributed by atoms with E-state index in [1.807, 2.05) is 71.0 Å². The van der Waals surface area contributed by atoms with Crippen LogP contribution in [-0.2, 0) is 9.59 Å². The lowest BCUT2D eigenvalue weighted by Gasteiger charge is -2.26. The molecule has 0 bridgehead atoms. The number of carbonyl (C=O) groups excluding carboxylic acids is 2. The maximum atomic E-state index is 13.1. The van der Waals surface area contributed by atoms with Crippen LogP contribution < -0.4 is 4.74 Å². The molecule has 33 heavy (non-hydrogen) atoms. The molecule has 6 nitrogen and oxygen atoms in total. The van der Waals surface area contributed by atoms with E-state index in [0.29, 0.717) is 12.1 Å². The number of benzene rings is 2. The Balaban J connectivity index is 2.08. The summed E-state index contributed by atoms with van der Waals surface area (Å²) in [7, 11) is 3.95. The number of hydrogen-bond acceptors (Lipinski definition) is 5.